The molecule has 0 radical (unpaired) electrons. The van der Waals surface area contributed by atoms with Gasteiger partial charge in [-0.05, 0) is 18.2 Å². The van der Waals surface area contributed by atoms with Gasteiger partial charge in [-0.2, -0.15) is 0 Å². The zero-order chi connectivity index (χ0) is 7.68. The summed E-state index contributed by atoms with van der Waals surface area (Å²) < 4.78 is 5.43. The summed E-state index contributed by atoms with van der Waals surface area (Å²) in [6.45, 7) is 3.64. The van der Waals surface area contributed by atoms with Gasteiger partial charge in [0.2, 0.25) is 0 Å². The minimum atomic E-state index is -0.0626. The summed E-state index contributed by atoms with van der Waals surface area (Å²) in [5, 5.41) is 3.14. The van der Waals surface area contributed by atoms with Crippen LogP contribution >= 0.6 is 0 Å². The van der Waals surface area contributed by atoms with Crippen molar-refractivity contribution >= 4 is 5.69 Å². The Morgan fingerprint density at radius 2 is 2.27 bits per heavy atom. The van der Waals surface area contributed by atoms with Gasteiger partial charge in [-0.1, -0.05) is 18.7 Å². The van der Waals surface area contributed by atoms with Crippen molar-refractivity contribution in [2.45, 2.75) is 6.23 Å². The summed E-state index contributed by atoms with van der Waals surface area (Å²) >= 11 is 0. The molecule has 1 heterocycles. The summed E-state index contributed by atoms with van der Waals surface area (Å²) in [4.78, 5) is 0. The lowest BCUT2D eigenvalue weighted by Gasteiger charge is -2.02. The van der Waals surface area contributed by atoms with Gasteiger partial charge in [0.15, 0.2) is 6.23 Å². The Morgan fingerprint density at radius 1 is 1.45 bits per heavy atom. The minimum absolute atomic E-state index is 0.0626. The average molecular weight is 147 g/mol. The third-order valence-corrected chi connectivity index (χ3v) is 1.65. The Bertz CT molecular complexity index is 258. The molecular weight excluding hydrogens is 138 g/mol. The van der Waals surface area contributed by atoms with E-state index in [1.165, 1.54) is 0 Å². The van der Waals surface area contributed by atoms with E-state index in [0.29, 0.717) is 0 Å². The lowest BCUT2D eigenvalue weighted by atomic mass is 10.3. The molecule has 1 N–H and O–H groups in total. The Hall–Kier alpha value is -1.44. The number of ether oxygens (including phenoxy) is 1. The molecule has 1 aromatic rings. The van der Waals surface area contributed by atoms with Crippen molar-refractivity contribution in [2.24, 2.45) is 0 Å². The van der Waals surface area contributed by atoms with E-state index in [4.69, 9.17) is 4.74 Å². The summed E-state index contributed by atoms with van der Waals surface area (Å²) in [5.74, 6) is 0.900. The number of hydrogen-bond acceptors (Lipinski definition) is 2. The summed E-state index contributed by atoms with van der Waals surface area (Å²) in [6, 6.07) is 7.84. The first-order valence-electron chi connectivity index (χ1n) is 3.55. The van der Waals surface area contributed by atoms with Gasteiger partial charge in [0.25, 0.3) is 0 Å². The molecule has 2 heteroatoms. The van der Waals surface area contributed by atoms with Crippen molar-refractivity contribution < 1.29 is 4.74 Å². The van der Waals surface area contributed by atoms with Gasteiger partial charge in [-0.15, -0.1) is 0 Å². The number of para-hydroxylation sites is 2. The van der Waals surface area contributed by atoms with Crippen LogP contribution in [0, 0.1) is 0 Å². The van der Waals surface area contributed by atoms with Crippen LogP contribution in [0.15, 0.2) is 36.9 Å². The Morgan fingerprint density at radius 3 is 3.00 bits per heavy atom. The first-order chi connectivity index (χ1) is 5.40. The molecule has 0 aromatic heterocycles. The van der Waals surface area contributed by atoms with Gasteiger partial charge in [0.05, 0.1) is 5.69 Å². The van der Waals surface area contributed by atoms with E-state index >= 15 is 0 Å². The van der Waals surface area contributed by atoms with Crippen molar-refractivity contribution in [3.8, 4) is 5.75 Å². The van der Waals surface area contributed by atoms with E-state index in [0.717, 1.165) is 11.4 Å². The van der Waals surface area contributed by atoms with Crippen LogP contribution < -0.4 is 10.1 Å². The summed E-state index contributed by atoms with van der Waals surface area (Å²) in [5.41, 5.74) is 1.04. The molecule has 2 rings (SSSR count). The molecule has 1 aliphatic heterocycles. The molecule has 56 valence electrons. The normalized spacial score (nSPS) is 19.8. The SMILES string of the molecule is C=CC1Nc2ccccc2O1. The topological polar surface area (TPSA) is 21.3 Å². The predicted molar refractivity (Wildman–Crippen MR) is 44.7 cm³/mol. The number of anilines is 1. The molecule has 11 heavy (non-hydrogen) atoms. The number of fused-ring (bicyclic) bond motifs is 1. The van der Waals surface area contributed by atoms with Gasteiger partial charge in [0.1, 0.15) is 5.75 Å². The standard InChI is InChI=1S/C9H9NO/c1-2-9-10-7-5-3-4-6-8(7)11-9/h2-6,9-10H,1H2. The van der Waals surface area contributed by atoms with E-state index in [2.05, 4.69) is 11.9 Å². The van der Waals surface area contributed by atoms with E-state index < -0.39 is 0 Å². The Kier molecular flexibility index (Phi) is 1.32. The highest BCUT2D eigenvalue weighted by molar-refractivity contribution is 5.60. The van der Waals surface area contributed by atoms with Crippen LogP contribution in [0.3, 0.4) is 0 Å². The third kappa shape index (κ3) is 0.963. The van der Waals surface area contributed by atoms with Gasteiger partial charge in [-0.25, -0.2) is 0 Å². The molecular formula is C9H9NO. The Balaban J connectivity index is 2.33. The van der Waals surface area contributed by atoms with Crippen molar-refractivity contribution in [3.05, 3.63) is 36.9 Å². The third-order valence-electron chi connectivity index (χ3n) is 1.65. The molecule has 0 amide bonds. The molecule has 2 nitrogen and oxygen atoms in total. The maximum atomic E-state index is 5.43. The minimum Gasteiger partial charge on any atom is -0.465 e. The van der Waals surface area contributed by atoms with Gasteiger partial charge in [-0.3, -0.25) is 0 Å². The Labute approximate surface area is 65.5 Å². The number of rotatable bonds is 1. The van der Waals surface area contributed by atoms with Gasteiger partial charge < -0.3 is 10.1 Å². The highest BCUT2D eigenvalue weighted by atomic mass is 16.5. The maximum absolute atomic E-state index is 5.43. The molecule has 1 atom stereocenters. The van der Waals surface area contributed by atoms with Gasteiger partial charge >= 0.3 is 0 Å². The van der Waals surface area contributed by atoms with Crippen molar-refractivity contribution in [3.63, 3.8) is 0 Å². The molecule has 0 spiro atoms. The summed E-state index contributed by atoms with van der Waals surface area (Å²) in [6.07, 6.45) is 1.67. The monoisotopic (exact) mass is 147 g/mol. The van der Waals surface area contributed by atoms with E-state index in [1.807, 2.05) is 24.3 Å². The molecule has 1 aromatic carbocycles. The smallest absolute Gasteiger partial charge is 0.189 e. The number of nitrogens with one attached hydrogen (secondary N) is 1. The maximum Gasteiger partial charge on any atom is 0.189 e. The molecule has 0 saturated heterocycles. The van der Waals surface area contributed by atoms with Crippen LogP contribution in [-0.2, 0) is 0 Å². The van der Waals surface area contributed by atoms with Crippen molar-refractivity contribution in [1.82, 2.24) is 0 Å². The van der Waals surface area contributed by atoms with E-state index in [9.17, 15) is 0 Å². The first-order valence-corrected chi connectivity index (χ1v) is 3.55. The molecule has 0 fully saturated rings. The zero-order valence-corrected chi connectivity index (χ0v) is 6.08. The zero-order valence-electron chi connectivity index (χ0n) is 6.08. The number of hydrogen-bond donors (Lipinski definition) is 1. The fourth-order valence-corrected chi connectivity index (χ4v) is 1.12. The summed E-state index contributed by atoms with van der Waals surface area (Å²) in [7, 11) is 0. The first kappa shape index (κ1) is 6.28. The second-order valence-corrected chi connectivity index (χ2v) is 2.41. The van der Waals surface area contributed by atoms with Crippen molar-refractivity contribution in [1.29, 1.82) is 0 Å². The molecule has 1 unspecified atom stereocenters. The quantitative estimate of drug-likeness (QED) is 0.613. The predicted octanol–water partition coefficient (Wildman–Crippen LogP) is 2.00. The fourth-order valence-electron chi connectivity index (χ4n) is 1.12. The van der Waals surface area contributed by atoms with Crippen LogP contribution in [0.1, 0.15) is 0 Å². The highest BCUT2D eigenvalue weighted by Crippen LogP contribution is 2.30. The van der Waals surface area contributed by atoms with Gasteiger partial charge in [0, 0.05) is 0 Å². The highest BCUT2D eigenvalue weighted by Gasteiger charge is 2.16. The van der Waals surface area contributed by atoms with E-state index in [-0.39, 0.29) is 6.23 Å². The lowest BCUT2D eigenvalue weighted by Crippen LogP contribution is -2.15. The van der Waals surface area contributed by atoms with Crippen LogP contribution in [0.5, 0.6) is 5.75 Å². The van der Waals surface area contributed by atoms with Crippen LogP contribution in [0.4, 0.5) is 5.69 Å². The molecule has 0 aliphatic carbocycles. The second-order valence-electron chi connectivity index (χ2n) is 2.41. The van der Waals surface area contributed by atoms with Crippen LogP contribution in [-0.4, -0.2) is 6.23 Å². The van der Waals surface area contributed by atoms with Crippen LogP contribution in [0.2, 0.25) is 0 Å². The van der Waals surface area contributed by atoms with Crippen molar-refractivity contribution in [2.75, 3.05) is 5.32 Å². The second kappa shape index (κ2) is 2.31. The average Bonchev–Trinajstić information content (AvgIpc) is 2.46. The van der Waals surface area contributed by atoms with E-state index in [1.54, 1.807) is 6.08 Å². The molecule has 0 saturated carbocycles. The fraction of sp³-hybridized carbons (Fsp3) is 0.111. The lowest BCUT2D eigenvalue weighted by molar-refractivity contribution is 0.303. The molecule has 0 bridgehead atoms. The largest absolute Gasteiger partial charge is 0.465 e. The molecule has 1 aliphatic rings. The number of benzene rings is 1. The van der Waals surface area contributed by atoms with Crippen LogP contribution in [0.25, 0.3) is 0 Å².